The van der Waals surface area contributed by atoms with Crippen LogP contribution in [-0.4, -0.2) is 50.8 Å². The molecular weight excluding hydrogens is 226 g/mol. The lowest BCUT2D eigenvalue weighted by molar-refractivity contribution is -0.144. The molecule has 0 saturated carbocycles. The van der Waals surface area contributed by atoms with E-state index in [4.69, 9.17) is 5.11 Å². The molecule has 1 atom stereocenters. The van der Waals surface area contributed by atoms with Crippen molar-refractivity contribution in [1.29, 1.82) is 0 Å². The van der Waals surface area contributed by atoms with E-state index in [-0.39, 0.29) is 5.92 Å². The highest BCUT2D eigenvalue weighted by atomic mass is 32.2. The molecule has 1 unspecified atom stereocenters. The zero-order valence-electron chi connectivity index (χ0n) is 9.43. The minimum absolute atomic E-state index is 0.193. The number of hydrogen-bond acceptors (Lipinski definition) is 3. The summed E-state index contributed by atoms with van der Waals surface area (Å²) in [6.07, 6.45) is 3.74. The van der Waals surface area contributed by atoms with Crippen LogP contribution in [-0.2, 0) is 15.6 Å². The van der Waals surface area contributed by atoms with Crippen LogP contribution in [0.25, 0.3) is 0 Å². The predicted octanol–water partition coefficient (Wildman–Crippen LogP) is 0.694. The Morgan fingerprint density at radius 2 is 1.94 bits per heavy atom. The summed E-state index contributed by atoms with van der Waals surface area (Å²) in [4.78, 5) is 13.3. The number of carbonyl (C=O) groups is 1. The first-order chi connectivity index (χ1) is 7.66. The van der Waals surface area contributed by atoms with Crippen molar-refractivity contribution >= 4 is 16.8 Å². The Balaban J connectivity index is 1.89. The van der Waals surface area contributed by atoms with E-state index in [0.717, 1.165) is 43.7 Å². The van der Waals surface area contributed by atoms with Crippen molar-refractivity contribution in [1.82, 2.24) is 4.90 Å². The van der Waals surface area contributed by atoms with Gasteiger partial charge in [0.15, 0.2) is 0 Å². The first-order valence-electron chi connectivity index (χ1n) is 5.98. The molecule has 92 valence electrons. The fourth-order valence-corrected chi connectivity index (χ4v) is 3.96. The lowest BCUT2D eigenvalue weighted by atomic mass is 9.95. The van der Waals surface area contributed by atoms with Gasteiger partial charge in [0.1, 0.15) is 0 Å². The molecule has 0 aromatic heterocycles. The molecular formula is C11H19NO3S. The van der Waals surface area contributed by atoms with Gasteiger partial charge in [-0.05, 0) is 32.2 Å². The second kappa shape index (κ2) is 5.27. The Morgan fingerprint density at radius 3 is 2.56 bits per heavy atom. The van der Waals surface area contributed by atoms with Gasteiger partial charge in [-0.1, -0.05) is 0 Å². The standard InChI is InChI=1S/C11H19NO3S/c13-11(14)9-2-1-5-12(8-9)10-3-6-16(15)7-4-10/h9-10H,1-8H2,(H,13,14). The zero-order chi connectivity index (χ0) is 11.5. The van der Waals surface area contributed by atoms with Crippen molar-refractivity contribution in [3.05, 3.63) is 0 Å². The number of likely N-dealkylation sites (tertiary alicyclic amines) is 1. The minimum Gasteiger partial charge on any atom is -0.481 e. The molecule has 2 rings (SSSR count). The monoisotopic (exact) mass is 245 g/mol. The maximum absolute atomic E-state index is 11.3. The summed E-state index contributed by atoms with van der Waals surface area (Å²) in [6, 6.07) is 0.472. The third kappa shape index (κ3) is 2.83. The van der Waals surface area contributed by atoms with Crippen LogP contribution in [0.1, 0.15) is 25.7 Å². The quantitative estimate of drug-likeness (QED) is 0.778. The van der Waals surface area contributed by atoms with E-state index in [1.165, 1.54) is 0 Å². The Labute approximate surface area is 98.5 Å². The molecule has 0 aromatic rings. The SMILES string of the molecule is O=C(O)C1CCCN(C2CCS(=O)CC2)C1. The lowest BCUT2D eigenvalue weighted by Crippen LogP contribution is -2.47. The van der Waals surface area contributed by atoms with Crippen LogP contribution >= 0.6 is 0 Å². The third-order valence-electron chi connectivity index (χ3n) is 3.68. The number of rotatable bonds is 2. The third-order valence-corrected chi connectivity index (χ3v) is 5.06. The van der Waals surface area contributed by atoms with Gasteiger partial charge >= 0.3 is 5.97 Å². The van der Waals surface area contributed by atoms with Crippen molar-refractivity contribution in [3.63, 3.8) is 0 Å². The van der Waals surface area contributed by atoms with Crippen LogP contribution in [0.5, 0.6) is 0 Å². The molecule has 1 N–H and O–H groups in total. The molecule has 0 spiro atoms. The molecule has 2 aliphatic heterocycles. The van der Waals surface area contributed by atoms with Gasteiger partial charge in [-0.25, -0.2) is 0 Å². The van der Waals surface area contributed by atoms with Gasteiger partial charge in [-0.3, -0.25) is 13.9 Å². The van der Waals surface area contributed by atoms with Gasteiger partial charge in [-0.15, -0.1) is 0 Å². The largest absolute Gasteiger partial charge is 0.481 e. The molecule has 2 saturated heterocycles. The summed E-state index contributed by atoms with van der Waals surface area (Å²) in [5, 5.41) is 9.02. The van der Waals surface area contributed by atoms with Gasteiger partial charge in [0.25, 0.3) is 0 Å². The number of aliphatic carboxylic acids is 1. The van der Waals surface area contributed by atoms with Gasteiger partial charge in [0, 0.05) is 34.9 Å². The van der Waals surface area contributed by atoms with Gasteiger partial charge < -0.3 is 5.11 Å². The van der Waals surface area contributed by atoms with E-state index >= 15 is 0 Å². The summed E-state index contributed by atoms with van der Waals surface area (Å²) >= 11 is 0. The maximum Gasteiger partial charge on any atom is 0.307 e. The molecule has 2 fully saturated rings. The van der Waals surface area contributed by atoms with Gasteiger partial charge in [0.2, 0.25) is 0 Å². The minimum atomic E-state index is -0.663. The molecule has 0 amide bonds. The van der Waals surface area contributed by atoms with Crippen LogP contribution in [0.2, 0.25) is 0 Å². The molecule has 16 heavy (non-hydrogen) atoms. The average Bonchev–Trinajstić information content (AvgIpc) is 2.30. The van der Waals surface area contributed by atoms with Crippen molar-refractivity contribution in [2.45, 2.75) is 31.7 Å². The highest BCUT2D eigenvalue weighted by Gasteiger charge is 2.31. The number of carboxylic acid groups (broad SMARTS) is 1. The highest BCUT2D eigenvalue weighted by Crippen LogP contribution is 2.23. The average molecular weight is 245 g/mol. The molecule has 2 aliphatic rings. The van der Waals surface area contributed by atoms with Crippen LogP contribution in [0.4, 0.5) is 0 Å². The molecule has 5 heteroatoms. The summed E-state index contributed by atoms with van der Waals surface area (Å²) in [5.41, 5.74) is 0. The van der Waals surface area contributed by atoms with E-state index in [0.29, 0.717) is 12.6 Å². The van der Waals surface area contributed by atoms with Crippen LogP contribution in [0, 0.1) is 5.92 Å². The first-order valence-corrected chi connectivity index (χ1v) is 7.47. The smallest absolute Gasteiger partial charge is 0.307 e. The topological polar surface area (TPSA) is 57.6 Å². The van der Waals surface area contributed by atoms with Crippen LogP contribution < -0.4 is 0 Å². The second-order valence-corrected chi connectivity index (χ2v) is 6.45. The number of carboxylic acids is 1. The molecule has 0 aliphatic carbocycles. The lowest BCUT2D eigenvalue weighted by Gasteiger charge is -2.38. The van der Waals surface area contributed by atoms with E-state index in [1.807, 2.05) is 0 Å². The van der Waals surface area contributed by atoms with Crippen molar-refractivity contribution in [3.8, 4) is 0 Å². The number of piperidine rings is 1. The van der Waals surface area contributed by atoms with Crippen molar-refractivity contribution in [2.75, 3.05) is 24.6 Å². The fraction of sp³-hybridized carbons (Fsp3) is 0.909. The molecule has 4 nitrogen and oxygen atoms in total. The molecule has 2 heterocycles. The Hall–Kier alpha value is -0.420. The molecule has 0 radical (unpaired) electrons. The van der Waals surface area contributed by atoms with Crippen LogP contribution in [0.15, 0.2) is 0 Å². The maximum atomic E-state index is 11.3. The van der Waals surface area contributed by atoms with Crippen molar-refractivity contribution in [2.24, 2.45) is 5.92 Å². The molecule has 0 aromatic carbocycles. The summed E-state index contributed by atoms with van der Waals surface area (Å²) in [7, 11) is -0.626. The zero-order valence-corrected chi connectivity index (χ0v) is 10.2. The Bertz CT molecular complexity index is 285. The van der Waals surface area contributed by atoms with Gasteiger partial charge in [0.05, 0.1) is 5.92 Å². The summed E-state index contributed by atoms with van der Waals surface area (Å²) < 4.78 is 11.3. The summed E-state index contributed by atoms with van der Waals surface area (Å²) in [5.74, 6) is 0.725. The van der Waals surface area contributed by atoms with Crippen molar-refractivity contribution < 1.29 is 14.1 Å². The second-order valence-electron chi connectivity index (χ2n) is 4.75. The number of nitrogens with zero attached hydrogens (tertiary/aromatic N) is 1. The fourth-order valence-electron chi connectivity index (χ4n) is 2.69. The van der Waals surface area contributed by atoms with E-state index < -0.39 is 16.8 Å². The Morgan fingerprint density at radius 1 is 1.25 bits per heavy atom. The van der Waals surface area contributed by atoms with E-state index in [9.17, 15) is 9.00 Å². The van der Waals surface area contributed by atoms with Crippen LogP contribution in [0.3, 0.4) is 0 Å². The van der Waals surface area contributed by atoms with Gasteiger partial charge in [-0.2, -0.15) is 0 Å². The first kappa shape index (κ1) is 12.0. The summed E-state index contributed by atoms with van der Waals surface area (Å²) in [6.45, 7) is 1.70. The predicted molar refractivity (Wildman–Crippen MR) is 62.8 cm³/mol. The Kier molecular flexibility index (Phi) is 3.97. The molecule has 0 bridgehead atoms. The van der Waals surface area contributed by atoms with E-state index in [2.05, 4.69) is 4.90 Å². The number of hydrogen-bond donors (Lipinski definition) is 1. The highest BCUT2D eigenvalue weighted by molar-refractivity contribution is 7.85. The normalized spacial score (nSPS) is 37.1. The van der Waals surface area contributed by atoms with E-state index in [1.54, 1.807) is 0 Å².